The molecule has 1 atom stereocenters. The molecule has 90 valence electrons. The van der Waals surface area contributed by atoms with Crippen molar-refractivity contribution in [2.24, 2.45) is 5.92 Å². The van der Waals surface area contributed by atoms with Gasteiger partial charge in [-0.1, -0.05) is 32.1 Å². The maximum Gasteiger partial charge on any atom is 0.0935 e. The number of likely N-dealkylation sites (N-methyl/N-ethyl adjacent to an activating group) is 1. The van der Waals surface area contributed by atoms with Crippen molar-refractivity contribution in [2.45, 2.75) is 51.0 Å². The lowest BCUT2D eigenvalue weighted by Crippen LogP contribution is -2.30. The van der Waals surface area contributed by atoms with Gasteiger partial charge in [0.2, 0.25) is 0 Å². The highest BCUT2D eigenvalue weighted by Gasteiger charge is 2.18. The van der Waals surface area contributed by atoms with Crippen LogP contribution >= 0.6 is 0 Å². The van der Waals surface area contributed by atoms with Crippen molar-refractivity contribution in [1.29, 1.82) is 0 Å². The maximum atomic E-state index is 5.12. The number of nitrogens with one attached hydrogen (secondary N) is 1. The van der Waals surface area contributed by atoms with E-state index >= 15 is 0 Å². The average molecular weight is 221 g/mol. The predicted octanol–water partition coefficient (Wildman–Crippen LogP) is 3.38. The summed E-state index contributed by atoms with van der Waals surface area (Å²) in [4.78, 5) is 0. The van der Waals surface area contributed by atoms with E-state index in [1.54, 1.807) is 6.26 Å². The zero-order chi connectivity index (χ0) is 11.2. The van der Waals surface area contributed by atoms with E-state index in [4.69, 9.17) is 4.42 Å². The zero-order valence-electron chi connectivity index (χ0n) is 10.2. The first-order valence-corrected chi connectivity index (χ1v) is 6.57. The quantitative estimate of drug-likeness (QED) is 0.824. The molecular weight excluding hydrogens is 198 g/mol. The van der Waals surface area contributed by atoms with Crippen LogP contribution in [0.5, 0.6) is 0 Å². The maximum absolute atomic E-state index is 5.12. The lowest BCUT2D eigenvalue weighted by Gasteiger charge is -2.26. The SMILES string of the molecule is CNC(Cc1ccoc1)CC1CCCCC1. The summed E-state index contributed by atoms with van der Waals surface area (Å²) in [6.07, 6.45) is 13.2. The van der Waals surface area contributed by atoms with Crippen molar-refractivity contribution < 1.29 is 4.42 Å². The van der Waals surface area contributed by atoms with Crippen molar-refractivity contribution in [1.82, 2.24) is 5.32 Å². The smallest absolute Gasteiger partial charge is 0.0935 e. The molecule has 1 aromatic rings. The van der Waals surface area contributed by atoms with Crippen LogP contribution < -0.4 is 5.32 Å². The molecule has 0 bridgehead atoms. The van der Waals surface area contributed by atoms with E-state index in [1.807, 2.05) is 6.26 Å². The summed E-state index contributed by atoms with van der Waals surface area (Å²) in [5, 5.41) is 3.45. The summed E-state index contributed by atoms with van der Waals surface area (Å²) in [7, 11) is 2.08. The van der Waals surface area contributed by atoms with Crippen molar-refractivity contribution in [2.75, 3.05) is 7.05 Å². The molecule has 1 heterocycles. The molecule has 0 spiro atoms. The average Bonchev–Trinajstić information content (AvgIpc) is 2.82. The van der Waals surface area contributed by atoms with Gasteiger partial charge in [-0.3, -0.25) is 0 Å². The minimum absolute atomic E-state index is 0.612. The van der Waals surface area contributed by atoms with Gasteiger partial charge in [-0.25, -0.2) is 0 Å². The molecule has 1 unspecified atom stereocenters. The molecule has 0 amide bonds. The first-order chi connectivity index (χ1) is 7.88. The fourth-order valence-electron chi connectivity index (χ4n) is 2.82. The van der Waals surface area contributed by atoms with E-state index in [9.17, 15) is 0 Å². The van der Waals surface area contributed by atoms with E-state index in [2.05, 4.69) is 18.4 Å². The van der Waals surface area contributed by atoms with Crippen molar-refractivity contribution in [3.8, 4) is 0 Å². The normalized spacial score (nSPS) is 19.8. The first kappa shape index (κ1) is 11.7. The molecule has 1 fully saturated rings. The second-order valence-corrected chi connectivity index (χ2v) is 5.06. The molecule has 2 heteroatoms. The van der Waals surface area contributed by atoms with Gasteiger partial charge in [-0.05, 0) is 37.4 Å². The van der Waals surface area contributed by atoms with Crippen LogP contribution in [0.2, 0.25) is 0 Å². The molecule has 0 saturated heterocycles. The van der Waals surface area contributed by atoms with Gasteiger partial charge in [-0.15, -0.1) is 0 Å². The molecule has 1 N–H and O–H groups in total. The summed E-state index contributed by atoms with van der Waals surface area (Å²) in [5.74, 6) is 0.943. The Morgan fingerprint density at radius 2 is 2.19 bits per heavy atom. The van der Waals surface area contributed by atoms with E-state index in [-0.39, 0.29) is 0 Å². The topological polar surface area (TPSA) is 25.2 Å². The molecule has 1 aliphatic rings. The minimum Gasteiger partial charge on any atom is -0.472 e. The molecule has 0 aliphatic heterocycles. The van der Waals surface area contributed by atoms with Crippen molar-refractivity contribution >= 4 is 0 Å². The van der Waals surface area contributed by atoms with Gasteiger partial charge in [0, 0.05) is 6.04 Å². The summed E-state index contributed by atoms with van der Waals surface area (Å²) < 4.78 is 5.12. The Morgan fingerprint density at radius 1 is 1.38 bits per heavy atom. The molecule has 1 aromatic heterocycles. The molecular formula is C14H23NO. The Bertz CT molecular complexity index is 275. The second-order valence-electron chi connectivity index (χ2n) is 5.06. The van der Waals surface area contributed by atoms with Crippen LogP contribution in [-0.4, -0.2) is 13.1 Å². The van der Waals surface area contributed by atoms with E-state index in [0.717, 1.165) is 12.3 Å². The molecule has 2 nitrogen and oxygen atoms in total. The number of hydrogen-bond donors (Lipinski definition) is 1. The Balaban J connectivity index is 1.80. The van der Waals surface area contributed by atoms with Crippen LogP contribution in [0.25, 0.3) is 0 Å². The summed E-state index contributed by atoms with van der Waals surface area (Å²) in [5.41, 5.74) is 1.31. The van der Waals surface area contributed by atoms with Crippen LogP contribution in [-0.2, 0) is 6.42 Å². The highest BCUT2D eigenvalue weighted by molar-refractivity contribution is 5.07. The summed E-state index contributed by atoms with van der Waals surface area (Å²) in [6.45, 7) is 0. The fraction of sp³-hybridized carbons (Fsp3) is 0.714. The van der Waals surface area contributed by atoms with Crippen molar-refractivity contribution in [3.05, 3.63) is 24.2 Å². The third-order valence-corrected chi connectivity index (χ3v) is 3.81. The monoisotopic (exact) mass is 221 g/mol. The van der Waals surface area contributed by atoms with E-state index in [0.29, 0.717) is 6.04 Å². The highest BCUT2D eigenvalue weighted by Crippen LogP contribution is 2.28. The molecule has 1 aliphatic carbocycles. The zero-order valence-corrected chi connectivity index (χ0v) is 10.2. The number of furan rings is 1. The number of rotatable bonds is 5. The molecule has 2 rings (SSSR count). The number of hydrogen-bond acceptors (Lipinski definition) is 2. The van der Waals surface area contributed by atoms with Gasteiger partial charge in [0.05, 0.1) is 12.5 Å². The summed E-state index contributed by atoms with van der Waals surface area (Å²) in [6, 6.07) is 2.69. The Hall–Kier alpha value is -0.760. The Morgan fingerprint density at radius 3 is 2.81 bits per heavy atom. The third-order valence-electron chi connectivity index (χ3n) is 3.81. The van der Waals surface area contributed by atoms with Gasteiger partial charge in [-0.2, -0.15) is 0 Å². The van der Waals surface area contributed by atoms with E-state index < -0.39 is 0 Å². The van der Waals surface area contributed by atoms with Gasteiger partial charge in [0.1, 0.15) is 0 Å². The van der Waals surface area contributed by atoms with Crippen LogP contribution in [0.3, 0.4) is 0 Å². The lowest BCUT2D eigenvalue weighted by atomic mass is 9.84. The Kier molecular flexibility index (Phi) is 4.46. The summed E-state index contributed by atoms with van der Waals surface area (Å²) >= 11 is 0. The standard InChI is InChI=1S/C14H23NO/c1-15-14(10-13-7-8-16-11-13)9-12-5-3-2-4-6-12/h7-8,11-12,14-15H,2-6,9-10H2,1H3. The van der Waals surface area contributed by atoms with Crippen LogP contribution in [0, 0.1) is 5.92 Å². The van der Waals surface area contributed by atoms with Gasteiger partial charge in [0.15, 0.2) is 0 Å². The third kappa shape index (κ3) is 3.38. The molecule has 16 heavy (non-hydrogen) atoms. The van der Waals surface area contributed by atoms with Crippen LogP contribution in [0.1, 0.15) is 44.1 Å². The van der Waals surface area contributed by atoms with Crippen molar-refractivity contribution in [3.63, 3.8) is 0 Å². The van der Waals surface area contributed by atoms with Gasteiger partial charge >= 0.3 is 0 Å². The molecule has 0 radical (unpaired) electrons. The van der Waals surface area contributed by atoms with Crippen LogP contribution in [0.15, 0.2) is 23.0 Å². The van der Waals surface area contributed by atoms with Gasteiger partial charge in [0.25, 0.3) is 0 Å². The van der Waals surface area contributed by atoms with E-state index in [1.165, 1.54) is 44.1 Å². The predicted molar refractivity (Wildman–Crippen MR) is 66.5 cm³/mol. The molecule has 0 aromatic carbocycles. The fourth-order valence-corrected chi connectivity index (χ4v) is 2.82. The highest BCUT2D eigenvalue weighted by atomic mass is 16.3. The van der Waals surface area contributed by atoms with Crippen LogP contribution in [0.4, 0.5) is 0 Å². The van der Waals surface area contributed by atoms with Gasteiger partial charge < -0.3 is 9.73 Å². The largest absolute Gasteiger partial charge is 0.472 e. The second kappa shape index (κ2) is 6.09. The lowest BCUT2D eigenvalue weighted by molar-refractivity contribution is 0.302. The Labute approximate surface area is 98.4 Å². The first-order valence-electron chi connectivity index (χ1n) is 6.57. The minimum atomic E-state index is 0.612. The molecule has 1 saturated carbocycles.